The Morgan fingerprint density at radius 1 is 1.42 bits per heavy atom. The predicted octanol–water partition coefficient (Wildman–Crippen LogP) is 2.12. The molecule has 0 unspecified atom stereocenters. The van der Waals surface area contributed by atoms with Crippen LogP contribution in [0.5, 0.6) is 0 Å². The third-order valence-electron chi connectivity index (χ3n) is 2.35. The third-order valence-corrected chi connectivity index (χ3v) is 2.35. The van der Waals surface area contributed by atoms with Gasteiger partial charge in [0.15, 0.2) is 0 Å². The van der Waals surface area contributed by atoms with Gasteiger partial charge in [0.25, 0.3) is 0 Å². The van der Waals surface area contributed by atoms with Crippen LogP contribution in [0.25, 0.3) is 0 Å². The lowest BCUT2D eigenvalue weighted by atomic mass is 9.94. The van der Waals surface area contributed by atoms with Crippen molar-refractivity contribution in [3.8, 4) is 0 Å². The highest BCUT2D eigenvalue weighted by Gasteiger charge is 2.15. The van der Waals surface area contributed by atoms with Crippen LogP contribution in [0.15, 0.2) is 0 Å². The predicted molar refractivity (Wildman–Crippen MR) is 52.0 cm³/mol. The topological polar surface area (TPSA) is 43.1 Å². The molecule has 0 aliphatic carbocycles. The molecule has 2 heteroatoms. The standard InChI is InChI=1S/C10H21NO/c1-4-5-6-7-8(2)10(11)9(3)12/h8,10H,4-7,11H2,1-3H3/t8-,10-/m1/s1. The Kier molecular flexibility index (Phi) is 5.99. The van der Waals surface area contributed by atoms with Crippen LogP contribution in [-0.2, 0) is 4.79 Å². The van der Waals surface area contributed by atoms with Crippen LogP contribution in [0.1, 0.15) is 46.5 Å². The van der Waals surface area contributed by atoms with E-state index in [1.807, 2.05) is 0 Å². The summed E-state index contributed by atoms with van der Waals surface area (Å²) in [5, 5.41) is 0. The van der Waals surface area contributed by atoms with Gasteiger partial charge in [-0.05, 0) is 19.3 Å². The lowest BCUT2D eigenvalue weighted by Gasteiger charge is -2.16. The first-order chi connectivity index (χ1) is 5.59. The van der Waals surface area contributed by atoms with Crippen LogP contribution >= 0.6 is 0 Å². The quantitative estimate of drug-likeness (QED) is 0.622. The van der Waals surface area contributed by atoms with E-state index in [1.165, 1.54) is 19.3 Å². The number of rotatable bonds is 6. The molecule has 0 bridgehead atoms. The monoisotopic (exact) mass is 171 g/mol. The summed E-state index contributed by atoms with van der Waals surface area (Å²) < 4.78 is 0. The molecule has 0 spiro atoms. The first-order valence-corrected chi connectivity index (χ1v) is 4.85. The minimum absolute atomic E-state index is 0.110. The molecule has 2 N–H and O–H groups in total. The molecule has 2 nitrogen and oxygen atoms in total. The summed E-state index contributed by atoms with van der Waals surface area (Å²) in [5.41, 5.74) is 5.69. The van der Waals surface area contributed by atoms with E-state index in [0.29, 0.717) is 5.92 Å². The van der Waals surface area contributed by atoms with Crippen molar-refractivity contribution in [3.63, 3.8) is 0 Å². The van der Waals surface area contributed by atoms with Crippen LogP contribution in [0.2, 0.25) is 0 Å². The maximum atomic E-state index is 10.9. The molecule has 0 saturated carbocycles. The van der Waals surface area contributed by atoms with E-state index in [1.54, 1.807) is 6.92 Å². The minimum Gasteiger partial charge on any atom is -0.321 e. The number of carbonyl (C=O) groups excluding carboxylic acids is 1. The van der Waals surface area contributed by atoms with E-state index in [0.717, 1.165) is 6.42 Å². The van der Waals surface area contributed by atoms with Crippen molar-refractivity contribution in [2.45, 2.75) is 52.5 Å². The fourth-order valence-electron chi connectivity index (χ4n) is 1.30. The smallest absolute Gasteiger partial charge is 0.146 e. The highest BCUT2D eigenvalue weighted by molar-refractivity contribution is 5.81. The van der Waals surface area contributed by atoms with Gasteiger partial charge in [-0.1, -0.05) is 33.1 Å². The van der Waals surface area contributed by atoms with E-state index in [-0.39, 0.29) is 11.8 Å². The Balaban J connectivity index is 3.56. The number of unbranched alkanes of at least 4 members (excludes halogenated alkanes) is 2. The van der Waals surface area contributed by atoms with Gasteiger partial charge < -0.3 is 5.73 Å². The minimum atomic E-state index is -0.248. The summed E-state index contributed by atoms with van der Waals surface area (Å²) in [4.78, 5) is 10.9. The highest BCUT2D eigenvalue weighted by Crippen LogP contribution is 2.12. The van der Waals surface area contributed by atoms with Gasteiger partial charge in [0, 0.05) is 0 Å². The molecular formula is C10H21NO. The SMILES string of the molecule is CCCCC[C@@H](C)[C@@H](N)C(C)=O. The number of hydrogen-bond donors (Lipinski definition) is 1. The second-order valence-corrected chi connectivity index (χ2v) is 3.61. The molecule has 0 aliphatic rings. The highest BCUT2D eigenvalue weighted by atomic mass is 16.1. The van der Waals surface area contributed by atoms with Crippen molar-refractivity contribution in [2.75, 3.05) is 0 Å². The third kappa shape index (κ3) is 4.50. The maximum Gasteiger partial charge on any atom is 0.146 e. The van der Waals surface area contributed by atoms with Gasteiger partial charge in [0.1, 0.15) is 5.78 Å². The normalized spacial score (nSPS) is 15.7. The number of carbonyl (C=O) groups is 1. The van der Waals surface area contributed by atoms with Gasteiger partial charge in [-0.3, -0.25) is 4.79 Å². The van der Waals surface area contributed by atoms with Crippen molar-refractivity contribution in [1.29, 1.82) is 0 Å². The van der Waals surface area contributed by atoms with Crippen molar-refractivity contribution in [1.82, 2.24) is 0 Å². The molecule has 0 saturated heterocycles. The molecule has 0 aliphatic heterocycles. The zero-order valence-corrected chi connectivity index (χ0v) is 8.47. The molecule has 0 fully saturated rings. The second-order valence-electron chi connectivity index (χ2n) is 3.61. The largest absolute Gasteiger partial charge is 0.321 e. The zero-order chi connectivity index (χ0) is 9.56. The summed E-state index contributed by atoms with van der Waals surface area (Å²) in [6, 6.07) is -0.248. The molecule has 0 radical (unpaired) electrons. The Hall–Kier alpha value is -0.370. The number of nitrogens with two attached hydrogens (primary N) is 1. The summed E-state index contributed by atoms with van der Waals surface area (Å²) in [7, 11) is 0. The molecule has 0 rings (SSSR count). The first kappa shape index (κ1) is 11.6. The maximum absolute atomic E-state index is 10.9. The molecule has 0 aromatic heterocycles. The lowest BCUT2D eigenvalue weighted by Crippen LogP contribution is -2.35. The molecular weight excluding hydrogens is 150 g/mol. The Morgan fingerprint density at radius 3 is 2.42 bits per heavy atom. The average Bonchev–Trinajstić information content (AvgIpc) is 2.03. The number of Topliss-reactive ketones (excluding diaryl/α,β-unsaturated/α-hetero) is 1. The van der Waals surface area contributed by atoms with E-state index >= 15 is 0 Å². The molecule has 12 heavy (non-hydrogen) atoms. The van der Waals surface area contributed by atoms with E-state index in [9.17, 15) is 4.79 Å². The van der Waals surface area contributed by atoms with Crippen LogP contribution in [0.3, 0.4) is 0 Å². The van der Waals surface area contributed by atoms with Crippen molar-refractivity contribution in [2.24, 2.45) is 11.7 Å². The second kappa shape index (κ2) is 6.18. The molecule has 0 aromatic rings. The van der Waals surface area contributed by atoms with E-state index < -0.39 is 0 Å². The molecule has 2 atom stereocenters. The van der Waals surface area contributed by atoms with Crippen LogP contribution in [0, 0.1) is 5.92 Å². The lowest BCUT2D eigenvalue weighted by molar-refractivity contribution is -0.119. The Morgan fingerprint density at radius 2 is 2.00 bits per heavy atom. The van der Waals surface area contributed by atoms with Crippen molar-refractivity contribution < 1.29 is 4.79 Å². The van der Waals surface area contributed by atoms with Crippen LogP contribution in [0.4, 0.5) is 0 Å². The summed E-state index contributed by atoms with van der Waals surface area (Å²) in [6.45, 7) is 5.80. The van der Waals surface area contributed by atoms with Crippen LogP contribution in [-0.4, -0.2) is 11.8 Å². The van der Waals surface area contributed by atoms with Gasteiger partial charge in [-0.25, -0.2) is 0 Å². The molecule has 0 amide bonds. The average molecular weight is 171 g/mol. The van der Waals surface area contributed by atoms with Gasteiger partial charge >= 0.3 is 0 Å². The van der Waals surface area contributed by atoms with Crippen molar-refractivity contribution >= 4 is 5.78 Å². The zero-order valence-electron chi connectivity index (χ0n) is 8.47. The van der Waals surface area contributed by atoms with E-state index in [4.69, 9.17) is 5.73 Å². The van der Waals surface area contributed by atoms with E-state index in [2.05, 4.69) is 13.8 Å². The summed E-state index contributed by atoms with van der Waals surface area (Å²) in [5.74, 6) is 0.452. The van der Waals surface area contributed by atoms with Gasteiger partial charge in [-0.2, -0.15) is 0 Å². The van der Waals surface area contributed by atoms with Gasteiger partial charge in [0.05, 0.1) is 6.04 Å². The summed E-state index contributed by atoms with van der Waals surface area (Å²) >= 11 is 0. The first-order valence-electron chi connectivity index (χ1n) is 4.85. The van der Waals surface area contributed by atoms with Gasteiger partial charge in [0.2, 0.25) is 0 Å². The van der Waals surface area contributed by atoms with Gasteiger partial charge in [-0.15, -0.1) is 0 Å². The molecule has 0 heterocycles. The Bertz CT molecular complexity index is 134. The number of hydrogen-bond acceptors (Lipinski definition) is 2. The van der Waals surface area contributed by atoms with Crippen LogP contribution < -0.4 is 5.73 Å². The number of ketones is 1. The van der Waals surface area contributed by atoms with Crippen molar-refractivity contribution in [3.05, 3.63) is 0 Å². The Labute approximate surface area is 75.5 Å². The molecule has 0 aromatic carbocycles. The molecule has 72 valence electrons. The summed E-state index contributed by atoms with van der Waals surface area (Å²) in [6.07, 6.45) is 4.74. The fraction of sp³-hybridized carbons (Fsp3) is 0.900. The fourth-order valence-corrected chi connectivity index (χ4v) is 1.30.